The molecule has 0 bridgehead atoms. The molecule has 0 amide bonds. The maximum absolute atomic E-state index is 11.8. The molecule has 0 radical (unpaired) electrons. The molecule has 0 aliphatic rings. The van der Waals surface area contributed by atoms with Gasteiger partial charge in [0.2, 0.25) is 10.0 Å². The van der Waals surface area contributed by atoms with E-state index in [-0.39, 0.29) is 28.9 Å². The minimum absolute atomic E-state index is 0. The summed E-state index contributed by atoms with van der Waals surface area (Å²) in [5, 5.41) is 10.4. The van der Waals surface area contributed by atoms with Gasteiger partial charge in [0.05, 0.1) is 23.7 Å². The van der Waals surface area contributed by atoms with Gasteiger partial charge in [0.1, 0.15) is 0 Å². The molecule has 2 aromatic rings. The molecule has 156 valence electrons. The first-order chi connectivity index (χ1) is 12.9. The Kier molecular flexibility index (Phi) is 9.90. The second-order valence-corrected chi connectivity index (χ2v) is 8.16. The second kappa shape index (κ2) is 11.4. The Morgan fingerprint density at radius 3 is 2.43 bits per heavy atom. The molecule has 0 saturated heterocycles. The average molecular weight is 521 g/mol. The van der Waals surface area contributed by atoms with Crippen molar-refractivity contribution in [2.45, 2.75) is 44.7 Å². The van der Waals surface area contributed by atoms with Gasteiger partial charge in [-0.1, -0.05) is 31.1 Å². The minimum atomic E-state index is -3.43. The third-order valence-electron chi connectivity index (χ3n) is 3.87. The van der Waals surface area contributed by atoms with Gasteiger partial charge in [0, 0.05) is 12.6 Å². The molecular formula is C18H28IN5O3S. The predicted molar refractivity (Wildman–Crippen MR) is 120 cm³/mol. The van der Waals surface area contributed by atoms with Crippen LogP contribution in [0, 0.1) is 0 Å². The van der Waals surface area contributed by atoms with Crippen LogP contribution in [0.4, 0.5) is 0 Å². The van der Waals surface area contributed by atoms with Crippen molar-refractivity contribution in [1.82, 2.24) is 20.5 Å². The number of benzene rings is 1. The molecule has 0 saturated carbocycles. The topological polar surface area (TPSA) is 109 Å². The maximum atomic E-state index is 11.8. The summed E-state index contributed by atoms with van der Waals surface area (Å²) in [4.78, 5) is 4.75. The molecule has 0 aliphatic heterocycles. The SMILES string of the molecule is CCNC(=NCc1ccc(S(=O)(=O)NC)cc1)NCc1cc(C(C)C)no1.I. The van der Waals surface area contributed by atoms with Crippen LogP contribution in [-0.4, -0.2) is 33.1 Å². The van der Waals surface area contributed by atoms with Gasteiger partial charge in [0.15, 0.2) is 11.7 Å². The van der Waals surface area contributed by atoms with E-state index >= 15 is 0 Å². The Labute approximate surface area is 183 Å². The van der Waals surface area contributed by atoms with Gasteiger partial charge in [-0.25, -0.2) is 18.1 Å². The third-order valence-corrected chi connectivity index (χ3v) is 5.30. The quantitative estimate of drug-likeness (QED) is 0.280. The minimum Gasteiger partial charge on any atom is -0.359 e. The van der Waals surface area contributed by atoms with E-state index in [9.17, 15) is 8.42 Å². The Balaban J connectivity index is 0.00000392. The van der Waals surface area contributed by atoms with E-state index < -0.39 is 10.0 Å². The third kappa shape index (κ3) is 7.06. The monoisotopic (exact) mass is 521 g/mol. The Morgan fingerprint density at radius 2 is 1.89 bits per heavy atom. The van der Waals surface area contributed by atoms with Gasteiger partial charge in [-0.3, -0.25) is 0 Å². The zero-order valence-electron chi connectivity index (χ0n) is 16.5. The Hall–Kier alpha value is -1.66. The van der Waals surface area contributed by atoms with Gasteiger partial charge >= 0.3 is 0 Å². The molecule has 0 atom stereocenters. The van der Waals surface area contributed by atoms with Crippen LogP contribution in [0.2, 0.25) is 0 Å². The van der Waals surface area contributed by atoms with Crippen LogP contribution < -0.4 is 15.4 Å². The van der Waals surface area contributed by atoms with E-state index in [0.717, 1.165) is 23.6 Å². The van der Waals surface area contributed by atoms with Gasteiger partial charge < -0.3 is 15.2 Å². The molecule has 2 rings (SSSR count). The second-order valence-electron chi connectivity index (χ2n) is 6.27. The molecular weight excluding hydrogens is 493 g/mol. The lowest BCUT2D eigenvalue weighted by molar-refractivity contribution is 0.372. The summed E-state index contributed by atoms with van der Waals surface area (Å²) in [6.45, 7) is 7.73. The summed E-state index contributed by atoms with van der Waals surface area (Å²) in [6, 6.07) is 8.57. The first-order valence-corrected chi connectivity index (χ1v) is 10.3. The number of rotatable bonds is 8. The lowest BCUT2D eigenvalue weighted by Crippen LogP contribution is -2.36. The number of hydrogen-bond donors (Lipinski definition) is 3. The number of aromatic nitrogens is 1. The molecule has 1 aromatic heterocycles. The lowest BCUT2D eigenvalue weighted by Gasteiger charge is -2.10. The van der Waals surface area contributed by atoms with Crippen molar-refractivity contribution in [3.63, 3.8) is 0 Å². The Morgan fingerprint density at radius 1 is 1.21 bits per heavy atom. The Bertz CT molecular complexity index is 864. The van der Waals surface area contributed by atoms with Crippen molar-refractivity contribution >= 4 is 40.0 Å². The van der Waals surface area contributed by atoms with Gasteiger partial charge in [-0.2, -0.15) is 0 Å². The fourth-order valence-electron chi connectivity index (χ4n) is 2.26. The van der Waals surface area contributed by atoms with E-state index in [1.807, 2.05) is 13.0 Å². The van der Waals surface area contributed by atoms with Crippen LogP contribution in [0.25, 0.3) is 0 Å². The standard InChI is InChI=1S/C18H27N5O3S.HI/c1-5-20-18(22-12-15-10-17(13(2)3)23-26-15)21-11-14-6-8-16(9-7-14)27(24,25)19-4;/h6-10,13,19H,5,11-12H2,1-4H3,(H2,20,21,22);1H. The first-order valence-electron chi connectivity index (χ1n) is 8.86. The number of nitrogens with one attached hydrogen (secondary N) is 3. The summed E-state index contributed by atoms with van der Waals surface area (Å²) in [7, 11) is -2.04. The number of guanidine groups is 1. The highest BCUT2D eigenvalue weighted by Gasteiger charge is 2.11. The predicted octanol–water partition coefficient (Wildman–Crippen LogP) is 2.58. The average Bonchev–Trinajstić information content (AvgIpc) is 3.14. The highest BCUT2D eigenvalue weighted by molar-refractivity contribution is 14.0. The maximum Gasteiger partial charge on any atom is 0.240 e. The molecule has 1 heterocycles. The molecule has 0 spiro atoms. The summed E-state index contributed by atoms with van der Waals surface area (Å²) in [5.74, 6) is 1.71. The van der Waals surface area contributed by atoms with Crippen molar-refractivity contribution in [1.29, 1.82) is 0 Å². The van der Waals surface area contributed by atoms with Crippen LogP contribution in [-0.2, 0) is 23.1 Å². The fourth-order valence-corrected chi connectivity index (χ4v) is 2.99. The number of sulfonamides is 1. The van der Waals surface area contributed by atoms with Crippen molar-refractivity contribution in [3.8, 4) is 0 Å². The number of nitrogens with zero attached hydrogens (tertiary/aromatic N) is 2. The van der Waals surface area contributed by atoms with E-state index in [0.29, 0.717) is 25.0 Å². The zero-order valence-corrected chi connectivity index (χ0v) is 19.7. The van der Waals surface area contributed by atoms with Crippen molar-refractivity contribution in [3.05, 3.63) is 47.3 Å². The van der Waals surface area contributed by atoms with E-state index in [1.165, 1.54) is 7.05 Å². The number of aliphatic imine (C=N–C) groups is 1. The van der Waals surface area contributed by atoms with Crippen LogP contribution in [0.5, 0.6) is 0 Å². The zero-order chi connectivity index (χ0) is 19.9. The molecule has 0 fully saturated rings. The largest absolute Gasteiger partial charge is 0.359 e. The van der Waals surface area contributed by atoms with E-state index in [2.05, 4.69) is 39.4 Å². The first kappa shape index (κ1) is 24.4. The van der Waals surface area contributed by atoms with Gasteiger partial charge in [0.25, 0.3) is 0 Å². The summed E-state index contributed by atoms with van der Waals surface area (Å²) in [5.41, 5.74) is 1.83. The van der Waals surface area contributed by atoms with Crippen LogP contribution >= 0.6 is 24.0 Å². The van der Waals surface area contributed by atoms with E-state index in [4.69, 9.17) is 4.52 Å². The molecule has 1 aromatic carbocycles. The molecule has 10 heteroatoms. The highest BCUT2D eigenvalue weighted by atomic mass is 127. The molecule has 28 heavy (non-hydrogen) atoms. The van der Waals surface area contributed by atoms with Crippen molar-refractivity contribution in [2.24, 2.45) is 4.99 Å². The number of halogens is 1. The van der Waals surface area contributed by atoms with Crippen molar-refractivity contribution < 1.29 is 12.9 Å². The highest BCUT2D eigenvalue weighted by Crippen LogP contribution is 2.14. The summed E-state index contributed by atoms with van der Waals surface area (Å²) in [6.07, 6.45) is 0. The van der Waals surface area contributed by atoms with Crippen LogP contribution in [0.3, 0.4) is 0 Å². The van der Waals surface area contributed by atoms with Crippen LogP contribution in [0.1, 0.15) is 43.7 Å². The van der Waals surface area contributed by atoms with Gasteiger partial charge in [-0.05, 0) is 37.6 Å². The lowest BCUT2D eigenvalue weighted by atomic mass is 10.1. The molecule has 0 unspecified atom stereocenters. The molecule has 3 N–H and O–H groups in total. The van der Waals surface area contributed by atoms with Crippen molar-refractivity contribution in [2.75, 3.05) is 13.6 Å². The van der Waals surface area contributed by atoms with Gasteiger partial charge in [-0.15, -0.1) is 24.0 Å². The van der Waals surface area contributed by atoms with Crippen LogP contribution in [0.15, 0.2) is 44.7 Å². The van der Waals surface area contributed by atoms with E-state index in [1.54, 1.807) is 24.3 Å². The fraction of sp³-hybridized carbons (Fsp3) is 0.444. The molecule has 8 nitrogen and oxygen atoms in total. The summed E-state index contributed by atoms with van der Waals surface area (Å²) >= 11 is 0. The smallest absolute Gasteiger partial charge is 0.240 e. The normalized spacial score (nSPS) is 12.0. The summed E-state index contributed by atoms with van der Waals surface area (Å²) < 4.78 is 31.1. The molecule has 0 aliphatic carbocycles. The number of hydrogen-bond acceptors (Lipinski definition) is 5.